The lowest BCUT2D eigenvalue weighted by Gasteiger charge is -2.05. The van der Waals surface area contributed by atoms with E-state index in [1.165, 1.54) is 0 Å². The van der Waals surface area contributed by atoms with Gasteiger partial charge in [-0.25, -0.2) is 0 Å². The summed E-state index contributed by atoms with van der Waals surface area (Å²) >= 11 is 3.39. The highest BCUT2D eigenvalue weighted by Crippen LogP contribution is 2.23. The monoisotopic (exact) mass is 231 g/mol. The molecule has 0 aromatic rings. The number of allylic oxidation sites excluding steroid dienone is 1. The van der Waals surface area contributed by atoms with E-state index in [4.69, 9.17) is 9.47 Å². The molecule has 3 nitrogen and oxygen atoms in total. The van der Waals surface area contributed by atoms with Gasteiger partial charge < -0.3 is 14.8 Å². The zero-order valence-corrected chi connectivity index (χ0v) is 8.13. The zero-order valence-electron chi connectivity index (χ0n) is 6.55. The molecule has 66 valence electrons. The normalized spacial score (nSPS) is 26.9. The Kier molecular flexibility index (Phi) is 2.26. The standard InChI is InChI=1S/C8H10BrNO2/c9-8-2-6(3-10-8)1-7-4-11-5-12-7/h2,4,6,10H,1,3,5H2. The van der Waals surface area contributed by atoms with E-state index in [1.807, 2.05) is 0 Å². The van der Waals surface area contributed by atoms with Crippen LogP contribution in [0.25, 0.3) is 0 Å². The first-order valence-corrected chi connectivity index (χ1v) is 4.68. The second-order valence-electron chi connectivity index (χ2n) is 2.87. The minimum absolute atomic E-state index is 0.375. The van der Waals surface area contributed by atoms with Crippen molar-refractivity contribution < 1.29 is 9.47 Å². The van der Waals surface area contributed by atoms with Crippen molar-refractivity contribution >= 4 is 15.9 Å². The molecule has 2 rings (SSSR count). The van der Waals surface area contributed by atoms with E-state index in [-0.39, 0.29) is 0 Å². The third-order valence-corrected chi connectivity index (χ3v) is 2.45. The maximum absolute atomic E-state index is 5.22. The van der Waals surface area contributed by atoms with E-state index in [9.17, 15) is 0 Å². The Bertz CT molecular complexity index is 237. The topological polar surface area (TPSA) is 30.5 Å². The van der Waals surface area contributed by atoms with Gasteiger partial charge in [0.05, 0.1) is 4.61 Å². The number of hydrogen-bond donors (Lipinski definition) is 1. The van der Waals surface area contributed by atoms with Crippen molar-refractivity contribution in [3.05, 3.63) is 22.7 Å². The van der Waals surface area contributed by atoms with Crippen molar-refractivity contribution in [1.82, 2.24) is 5.32 Å². The number of rotatable bonds is 2. The summed E-state index contributed by atoms with van der Waals surface area (Å²) in [5.74, 6) is 1.47. The van der Waals surface area contributed by atoms with Crippen molar-refractivity contribution in [2.45, 2.75) is 6.42 Å². The Morgan fingerprint density at radius 1 is 1.67 bits per heavy atom. The molecule has 0 aromatic heterocycles. The predicted octanol–water partition coefficient (Wildman–Crippen LogP) is 1.68. The van der Waals surface area contributed by atoms with Gasteiger partial charge in [-0.05, 0) is 22.0 Å². The number of halogens is 1. The summed E-state index contributed by atoms with van der Waals surface area (Å²) in [5.41, 5.74) is 0. The number of nitrogens with one attached hydrogen (secondary N) is 1. The first-order chi connectivity index (χ1) is 5.84. The summed E-state index contributed by atoms with van der Waals surface area (Å²) in [5, 5.41) is 3.20. The Morgan fingerprint density at radius 3 is 3.17 bits per heavy atom. The fraction of sp³-hybridized carbons (Fsp3) is 0.500. The van der Waals surface area contributed by atoms with Gasteiger partial charge in [0, 0.05) is 18.9 Å². The van der Waals surface area contributed by atoms with Crippen LogP contribution in [0.3, 0.4) is 0 Å². The molecule has 0 saturated carbocycles. The molecular formula is C8H10BrNO2. The molecule has 0 bridgehead atoms. The van der Waals surface area contributed by atoms with Crippen molar-refractivity contribution in [3.63, 3.8) is 0 Å². The van der Waals surface area contributed by atoms with Crippen LogP contribution >= 0.6 is 15.9 Å². The van der Waals surface area contributed by atoms with E-state index in [0.29, 0.717) is 12.7 Å². The molecule has 2 heterocycles. The smallest absolute Gasteiger partial charge is 0.229 e. The van der Waals surface area contributed by atoms with Crippen molar-refractivity contribution in [2.24, 2.45) is 5.92 Å². The number of hydrogen-bond acceptors (Lipinski definition) is 3. The third-order valence-electron chi connectivity index (χ3n) is 1.91. The van der Waals surface area contributed by atoms with Gasteiger partial charge in [0.1, 0.15) is 12.0 Å². The lowest BCUT2D eigenvalue weighted by molar-refractivity contribution is 0.0766. The van der Waals surface area contributed by atoms with Gasteiger partial charge in [0.2, 0.25) is 6.79 Å². The summed E-state index contributed by atoms with van der Waals surface area (Å²) in [6.45, 7) is 1.35. The van der Waals surface area contributed by atoms with Crippen LogP contribution in [-0.4, -0.2) is 13.3 Å². The van der Waals surface area contributed by atoms with Crippen LogP contribution in [0.2, 0.25) is 0 Å². The van der Waals surface area contributed by atoms with E-state index >= 15 is 0 Å². The highest BCUT2D eigenvalue weighted by molar-refractivity contribution is 9.11. The summed E-state index contributed by atoms with van der Waals surface area (Å²) < 4.78 is 11.2. The molecule has 0 aliphatic carbocycles. The van der Waals surface area contributed by atoms with Gasteiger partial charge in [0.15, 0.2) is 0 Å². The second-order valence-corrected chi connectivity index (χ2v) is 3.73. The summed E-state index contributed by atoms with van der Waals surface area (Å²) in [6, 6.07) is 0. The minimum Gasteiger partial charge on any atom is -0.462 e. The molecular weight excluding hydrogens is 222 g/mol. The van der Waals surface area contributed by atoms with E-state index in [1.54, 1.807) is 6.26 Å². The maximum atomic E-state index is 5.22. The van der Waals surface area contributed by atoms with Crippen LogP contribution in [0.1, 0.15) is 6.42 Å². The molecule has 2 aliphatic rings. The van der Waals surface area contributed by atoms with Crippen LogP contribution in [0, 0.1) is 5.92 Å². The molecule has 0 radical (unpaired) electrons. The zero-order chi connectivity index (χ0) is 8.39. The maximum Gasteiger partial charge on any atom is 0.229 e. The minimum atomic E-state index is 0.375. The van der Waals surface area contributed by atoms with Gasteiger partial charge in [-0.3, -0.25) is 0 Å². The lowest BCUT2D eigenvalue weighted by atomic mass is 10.1. The molecule has 0 saturated heterocycles. The fourth-order valence-corrected chi connectivity index (χ4v) is 1.86. The molecule has 1 unspecified atom stereocenters. The SMILES string of the molecule is BrC1=CC(CC2=COCO2)CN1. The van der Waals surface area contributed by atoms with Crippen molar-refractivity contribution in [2.75, 3.05) is 13.3 Å². The molecule has 12 heavy (non-hydrogen) atoms. The van der Waals surface area contributed by atoms with Crippen LogP contribution in [0.4, 0.5) is 0 Å². The van der Waals surface area contributed by atoms with E-state index in [2.05, 4.69) is 27.3 Å². The average molecular weight is 232 g/mol. The first kappa shape index (κ1) is 7.98. The Balaban J connectivity index is 1.87. The van der Waals surface area contributed by atoms with Gasteiger partial charge >= 0.3 is 0 Å². The molecule has 2 aliphatic heterocycles. The molecule has 1 atom stereocenters. The quantitative estimate of drug-likeness (QED) is 0.734. The van der Waals surface area contributed by atoms with E-state index < -0.39 is 0 Å². The average Bonchev–Trinajstić information content (AvgIpc) is 2.63. The van der Waals surface area contributed by atoms with Gasteiger partial charge in [0.25, 0.3) is 0 Å². The fourth-order valence-electron chi connectivity index (χ4n) is 1.32. The summed E-state index contributed by atoms with van der Waals surface area (Å²) in [7, 11) is 0. The molecule has 0 aromatic carbocycles. The van der Waals surface area contributed by atoms with Gasteiger partial charge in [-0.1, -0.05) is 0 Å². The molecule has 0 spiro atoms. The number of ether oxygens (including phenoxy) is 2. The first-order valence-electron chi connectivity index (χ1n) is 3.89. The van der Waals surface area contributed by atoms with E-state index in [0.717, 1.165) is 23.3 Å². The Labute approximate surface area is 79.5 Å². The third kappa shape index (κ3) is 1.75. The van der Waals surface area contributed by atoms with Crippen LogP contribution in [0.15, 0.2) is 22.7 Å². The van der Waals surface area contributed by atoms with Gasteiger partial charge in [-0.2, -0.15) is 0 Å². The van der Waals surface area contributed by atoms with Crippen LogP contribution < -0.4 is 5.32 Å². The second kappa shape index (κ2) is 3.39. The van der Waals surface area contributed by atoms with Crippen molar-refractivity contribution in [1.29, 1.82) is 0 Å². The highest BCUT2D eigenvalue weighted by Gasteiger charge is 2.17. The van der Waals surface area contributed by atoms with Crippen molar-refractivity contribution in [3.8, 4) is 0 Å². The molecule has 1 N–H and O–H groups in total. The summed E-state index contributed by atoms with van der Waals surface area (Å²) in [4.78, 5) is 0. The molecule has 0 fully saturated rings. The molecule has 0 amide bonds. The lowest BCUT2D eigenvalue weighted by Crippen LogP contribution is -2.10. The summed E-state index contributed by atoms with van der Waals surface area (Å²) in [6.07, 6.45) is 4.77. The Hall–Kier alpha value is -0.640. The van der Waals surface area contributed by atoms with Gasteiger partial charge in [-0.15, -0.1) is 0 Å². The van der Waals surface area contributed by atoms with Crippen LogP contribution in [-0.2, 0) is 9.47 Å². The predicted molar refractivity (Wildman–Crippen MR) is 48.2 cm³/mol. The Morgan fingerprint density at radius 2 is 2.58 bits per heavy atom. The highest BCUT2D eigenvalue weighted by atomic mass is 79.9. The van der Waals surface area contributed by atoms with Crippen LogP contribution in [0.5, 0.6) is 0 Å². The molecule has 4 heteroatoms. The largest absolute Gasteiger partial charge is 0.462 e.